The van der Waals surface area contributed by atoms with E-state index in [2.05, 4.69) is 0 Å². The van der Waals surface area contributed by atoms with Gasteiger partial charge >= 0.3 is 6.09 Å². The summed E-state index contributed by atoms with van der Waals surface area (Å²) in [6.45, 7) is 0. The second kappa shape index (κ2) is 5.27. The maximum Gasteiger partial charge on any atom is 0.415 e. The number of benzene rings is 1. The summed E-state index contributed by atoms with van der Waals surface area (Å²) >= 11 is 0. The number of ether oxygens (including phenoxy) is 2. The van der Waals surface area contributed by atoms with Gasteiger partial charge in [-0.25, -0.2) is 4.79 Å². The third kappa shape index (κ3) is 3.13. The van der Waals surface area contributed by atoms with Crippen molar-refractivity contribution in [3.63, 3.8) is 0 Å². The van der Waals surface area contributed by atoms with Crippen molar-refractivity contribution in [2.24, 2.45) is 0 Å². The van der Waals surface area contributed by atoms with E-state index < -0.39 is 6.09 Å². The number of para-hydroxylation sites is 1. The van der Waals surface area contributed by atoms with Gasteiger partial charge in [0.1, 0.15) is 0 Å². The zero-order valence-electron chi connectivity index (χ0n) is 11.9. The van der Waals surface area contributed by atoms with Crippen LogP contribution in [0.25, 0.3) is 0 Å². The Labute approximate surface area is 108 Å². The number of carbonyl (C=O) groups is 1. The van der Waals surface area contributed by atoms with Gasteiger partial charge in [-0.15, -0.1) is 0 Å². The predicted molar refractivity (Wildman–Crippen MR) is 72.3 cm³/mol. The Morgan fingerprint density at radius 3 is 2.28 bits per heavy atom. The lowest BCUT2D eigenvalue weighted by Crippen LogP contribution is -2.36. The number of nitrogens with zero attached hydrogens (tertiary/aromatic N) is 2. The minimum Gasteiger partial charge on any atom is -0.493 e. The Balaban J connectivity index is 3.25. The van der Waals surface area contributed by atoms with Crippen LogP contribution < -0.4 is 14.0 Å². The lowest BCUT2D eigenvalue weighted by Gasteiger charge is -2.26. The van der Waals surface area contributed by atoms with Crippen molar-refractivity contribution in [2.75, 3.05) is 42.3 Å². The van der Waals surface area contributed by atoms with E-state index in [0.717, 1.165) is 5.69 Å². The topological polar surface area (TPSA) is 38.8 Å². The van der Waals surface area contributed by atoms with Crippen LogP contribution in [0, 0.1) is 0 Å². The Morgan fingerprint density at radius 2 is 1.83 bits per heavy atom. The van der Waals surface area contributed by atoms with E-state index in [4.69, 9.17) is 9.47 Å². The molecule has 0 fully saturated rings. The summed E-state index contributed by atoms with van der Waals surface area (Å²) in [5, 5.41) is 0. The molecule has 1 amide bonds. The van der Waals surface area contributed by atoms with E-state index in [1.165, 1.54) is 4.90 Å². The molecule has 0 aromatic heterocycles. The fourth-order valence-electron chi connectivity index (χ4n) is 1.47. The van der Waals surface area contributed by atoms with Crippen molar-refractivity contribution >= 4 is 11.8 Å². The lowest BCUT2D eigenvalue weighted by atomic mass is 10.2. The van der Waals surface area contributed by atoms with Gasteiger partial charge in [-0.1, -0.05) is 6.07 Å². The molecule has 0 aliphatic rings. The second-order valence-electron chi connectivity index (χ2n) is 5.08. The highest BCUT2D eigenvalue weighted by Crippen LogP contribution is 2.39. The molecule has 0 N–H and O–H groups in total. The standard InChI is InChI=1S/C13H21N2O3/c1-14(2)13(16)18-12-10(15(3,4)5)8-7-9-11(12)17-6/h7-9H,1-6H3/q+1. The van der Waals surface area contributed by atoms with Crippen LogP contribution in [0.2, 0.25) is 0 Å². The molecule has 0 aliphatic heterocycles. The molecule has 0 saturated carbocycles. The molecule has 0 spiro atoms. The molecule has 5 heteroatoms. The Bertz CT molecular complexity index is 436. The van der Waals surface area contributed by atoms with Crippen LogP contribution in [0.1, 0.15) is 0 Å². The lowest BCUT2D eigenvalue weighted by molar-refractivity contribution is 0.169. The van der Waals surface area contributed by atoms with Crippen LogP contribution in [-0.2, 0) is 0 Å². The fraction of sp³-hybridized carbons (Fsp3) is 0.462. The third-order valence-corrected chi connectivity index (χ3v) is 2.46. The van der Waals surface area contributed by atoms with Crippen molar-refractivity contribution in [1.29, 1.82) is 0 Å². The molecule has 0 atom stereocenters. The maximum atomic E-state index is 11.7. The average molecular weight is 253 g/mol. The van der Waals surface area contributed by atoms with Crippen LogP contribution in [-0.4, -0.2) is 53.3 Å². The highest BCUT2D eigenvalue weighted by atomic mass is 16.6. The maximum absolute atomic E-state index is 11.7. The highest BCUT2D eigenvalue weighted by molar-refractivity contribution is 5.75. The average Bonchev–Trinajstić information content (AvgIpc) is 2.27. The highest BCUT2D eigenvalue weighted by Gasteiger charge is 2.25. The van der Waals surface area contributed by atoms with Crippen LogP contribution in [0.5, 0.6) is 11.5 Å². The Hall–Kier alpha value is -1.75. The van der Waals surface area contributed by atoms with Crippen LogP contribution >= 0.6 is 0 Å². The molecule has 1 rings (SSSR count). The van der Waals surface area contributed by atoms with Crippen molar-refractivity contribution in [2.45, 2.75) is 0 Å². The summed E-state index contributed by atoms with van der Waals surface area (Å²) in [5.41, 5.74) is 0.879. The SMILES string of the molecule is COc1cccc([N+](C)(C)C)c1OC(=O)N(C)C. The molecule has 0 aliphatic carbocycles. The molecule has 1 aromatic rings. The number of quaternary nitrogens is 1. The van der Waals surface area contributed by atoms with Crippen molar-refractivity contribution in [3.05, 3.63) is 18.2 Å². The van der Waals surface area contributed by atoms with Gasteiger partial charge < -0.3 is 14.4 Å². The summed E-state index contributed by atoms with van der Waals surface area (Å²) in [5.74, 6) is 1.02. The molecule has 0 radical (unpaired) electrons. The number of carbonyl (C=O) groups excluding carboxylic acids is 1. The first-order valence-electron chi connectivity index (χ1n) is 5.65. The Morgan fingerprint density at radius 1 is 1.22 bits per heavy atom. The van der Waals surface area contributed by atoms with Crippen molar-refractivity contribution in [1.82, 2.24) is 9.38 Å². The van der Waals surface area contributed by atoms with E-state index >= 15 is 0 Å². The van der Waals surface area contributed by atoms with Gasteiger partial charge in [0, 0.05) is 20.2 Å². The van der Waals surface area contributed by atoms with Crippen molar-refractivity contribution in [3.8, 4) is 11.5 Å². The molecule has 0 saturated heterocycles. The van der Waals surface area contributed by atoms with Crippen LogP contribution in [0.15, 0.2) is 18.2 Å². The summed E-state index contributed by atoms with van der Waals surface area (Å²) in [6, 6.07) is 5.57. The van der Waals surface area contributed by atoms with E-state index in [0.29, 0.717) is 16.0 Å². The number of amides is 1. The van der Waals surface area contributed by atoms with E-state index in [1.54, 1.807) is 27.3 Å². The smallest absolute Gasteiger partial charge is 0.415 e. The number of hydrogen-bond donors (Lipinski definition) is 0. The minimum absolute atomic E-state index is 0.422. The predicted octanol–water partition coefficient (Wildman–Crippen LogP) is 1.95. The van der Waals surface area contributed by atoms with Gasteiger partial charge in [-0.3, -0.25) is 4.48 Å². The van der Waals surface area contributed by atoms with Crippen LogP contribution in [0.4, 0.5) is 10.5 Å². The molecule has 18 heavy (non-hydrogen) atoms. The summed E-state index contributed by atoms with van der Waals surface area (Å²) in [7, 11) is 10.8. The van der Waals surface area contributed by atoms with Crippen LogP contribution in [0.3, 0.4) is 0 Å². The third-order valence-electron chi connectivity index (χ3n) is 2.46. The van der Waals surface area contributed by atoms with Gasteiger partial charge in [0.25, 0.3) is 0 Å². The second-order valence-corrected chi connectivity index (χ2v) is 5.08. The first-order chi connectivity index (χ1) is 8.27. The van der Waals surface area contributed by atoms with Gasteiger partial charge in [0.05, 0.1) is 28.3 Å². The largest absolute Gasteiger partial charge is 0.493 e. The fourth-order valence-corrected chi connectivity index (χ4v) is 1.47. The number of rotatable bonds is 3. The van der Waals surface area contributed by atoms with Gasteiger partial charge in [0.2, 0.25) is 5.75 Å². The van der Waals surface area contributed by atoms with E-state index in [1.807, 2.05) is 33.3 Å². The molecule has 1 aromatic carbocycles. The number of hydrogen-bond acceptors (Lipinski definition) is 3. The summed E-state index contributed by atoms with van der Waals surface area (Å²) in [6.07, 6.45) is -0.422. The molecule has 5 nitrogen and oxygen atoms in total. The molecule has 0 heterocycles. The molecule has 0 unspecified atom stereocenters. The Kier molecular flexibility index (Phi) is 4.19. The van der Waals surface area contributed by atoms with Gasteiger partial charge in [-0.2, -0.15) is 0 Å². The first kappa shape index (κ1) is 14.3. The molecular weight excluding hydrogens is 232 g/mol. The first-order valence-corrected chi connectivity index (χ1v) is 5.65. The van der Waals surface area contributed by atoms with E-state index in [-0.39, 0.29) is 0 Å². The molecule has 0 bridgehead atoms. The van der Waals surface area contributed by atoms with E-state index in [9.17, 15) is 4.79 Å². The summed E-state index contributed by atoms with van der Waals surface area (Å²) in [4.78, 5) is 13.1. The van der Waals surface area contributed by atoms with Gasteiger partial charge in [0.15, 0.2) is 11.4 Å². The van der Waals surface area contributed by atoms with Gasteiger partial charge in [-0.05, 0) is 6.07 Å². The quantitative estimate of drug-likeness (QED) is 0.773. The van der Waals surface area contributed by atoms with Crippen molar-refractivity contribution < 1.29 is 14.3 Å². The minimum atomic E-state index is -0.422. The summed E-state index contributed by atoms with van der Waals surface area (Å²) < 4.78 is 11.2. The number of methoxy groups -OCH3 is 1. The zero-order valence-corrected chi connectivity index (χ0v) is 11.9. The normalized spacial score (nSPS) is 11.0. The molecular formula is C13H21N2O3+. The molecule has 100 valence electrons. The zero-order chi connectivity index (χ0) is 13.9. The monoisotopic (exact) mass is 253 g/mol.